The lowest BCUT2D eigenvalue weighted by atomic mass is 10.0. The normalized spacial score (nSPS) is 11.4. The zero-order valence-corrected chi connectivity index (χ0v) is 10.2. The second kappa shape index (κ2) is 6.98. The molecule has 6 heteroatoms. The summed E-state index contributed by atoms with van der Waals surface area (Å²) in [6.07, 6.45) is -0.0369. The Kier molecular flexibility index (Phi) is 6.38. The molecule has 96 valence electrons. The Hall–Kier alpha value is -1.46. The first-order valence-corrected chi connectivity index (χ1v) is 4.97. The molecule has 0 saturated carbocycles. The van der Waals surface area contributed by atoms with E-state index in [1.165, 1.54) is 18.2 Å². The number of ether oxygens (including phenoxy) is 1. The van der Waals surface area contributed by atoms with Crippen LogP contribution in [0, 0.1) is 0 Å². The maximum absolute atomic E-state index is 11.2. The van der Waals surface area contributed by atoms with Crippen molar-refractivity contribution in [2.75, 3.05) is 6.61 Å². The molecule has 0 aliphatic heterocycles. The van der Waals surface area contributed by atoms with E-state index >= 15 is 0 Å². The van der Waals surface area contributed by atoms with Crippen molar-refractivity contribution in [2.45, 2.75) is 19.4 Å². The highest BCUT2D eigenvalue weighted by Crippen LogP contribution is 2.28. The van der Waals surface area contributed by atoms with Gasteiger partial charge in [-0.25, -0.2) is 0 Å². The monoisotopic (exact) mass is 261 g/mol. The van der Waals surface area contributed by atoms with E-state index in [1.807, 2.05) is 0 Å². The number of aromatic hydroxyl groups is 2. The van der Waals surface area contributed by atoms with E-state index in [-0.39, 0.29) is 36.9 Å². The fourth-order valence-corrected chi connectivity index (χ4v) is 1.35. The van der Waals surface area contributed by atoms with Crippen molar-refractivity contribution in [3.8, 4) is 11.5 Å². The van der Waals surface area contributed by atoms with Gasteiger partial charge in [0.25, 0.3) is 0 Å². The third kappa shape index (κ3) is 4.50. The highest BCUT2D eigenvalue weighted by atomic mass is 35.5. The predicted octanol–water partition coefficient (Wildman–Crippen LogP) is 1.47. The lowest BCUT2D eigenvalue weighted by Gasteiger charge is -2.13. The summed E-state index contributed by atoms with van der Waals surface area (Å²) in [5, 5.41) is 18.7. The van der Waals surface area contributed by atoms with Gasteiger partial charge < -0.3 is 20.7 Å². The van der Waals surface area contributed by atoms with Gasteiger partial charge in [0.1, 0.15) is 11.5 Å². The Labute approximate surface area is 106 Å². The first kappa shape index (κ1) is 15.5. The number of halogens is 1. The number of esters is 1. The molecule has 0 aromatic heterocycles. The minimum atomic E-state index is -0.689. The van der Waals surface area contributed by atoms with E-state index in [2.05, 4.69) is 0 Å². The van der Waals surface area contributed by atoms with Crippen molar-refractivity contribution in [3.63, 3.8) is 0 Å². The van der Waals surface area contributed by atoms with Gasteiger partial charge in [-0.1, -0.05) is 0 Å². The number of nitrogens with two attached hydrogens (primary N) is 1. The summed E-state index contributed by atoms with van der Waals surface area (Å²) in [5.41, 5.74) is 6.05. The average Bonchev–Trinajstić information content (AvgIpc) is 2.21. The molecule has 4 N–H and O–H groups in total. The van der Waals surface area contributed by atoms with Gasteiger partial charge in [-0.3, -0.25) is 4.79 Å². The van der Waals surface area contributed by atoms with Crippen molar-refractivity contribution >= 4 is 18.4 Å². The first-order valence-electron chi connectivity index (χ1n) is 4.97. The third-order valence-corrected chi connectivity index (χ3v) is 2.10. The van der Waals surface area contributed by atoms with Crippen LogP contribution in [0.25, 0.3) is 0 Å². The topological polar surface area (TPSA) is 92.8 Å². The third-order valence-electron chi connectivity index (χ3n) is 2.10. The van der Waals surface area contributed by atoms with Crippen LogP contribution in [-0.2, 0) is 9.53 Å². The van der Waals surface area contributed by atoms with Gasteiger partial charge in [0.15, 0.2) is 0 Å². The molecule has 0 fully saturated rings. The number of hydrogen-bond acceptors (Lipinski definition) is 5. The number of phenols is 2. The van der Waals surface area contributed by atoms with Crippen LogP contribution in [0.4, 0.5) is 0 Å². The molecule has 0 spiro atoms. The molecule has 1 aromatic rings. The Bertz CT molecular complexity index is 384. The van der Waals surface area contributed by atoms with Gasteiger partial charge >= 0.3 is 5.97 Å². The van der Waals surface area contributed by atoms with Crippen molar-refractivity contribution in [3.05, 3.63) is 23.8 Å². The number of carbonyl (C=O) groups is 1. The van der Waals surface area contributed by atoms with Crippen LogP contribution in [0.3, 0.4) is 0 Å². The van der Waals surface area contributed by atoms with Crippen molar-refractivity contribution < 1.29 is 19.7 Å². The second-order valence-electron chi connectivity index (χ2n) is 3.36. The molecule has 0 radical (unpaired) electrons. The molecular formula is C11H16ClNO4. The molecule has 1 rings (SSSR count). The summed E-state index contributed by atoms with van der Waals surface area (Å²) in [7, 11) is 0. The fraction of sp³-hybridized carbons (Fsp3) is 0.364. The Morgan fingerprint density at radius 3 is 2.71 bits per heavy atom. The molecule has 0 aliphatic carbocycles. The molecule has 0 amide bonds. The average molecular weight is 262 g/mol. The van der Waals surface area contributed by atoms with Crippen LogP contribution in [0.1, 0.15) is 24.9 Å². The van der Waals surface area contributed by atoms with Crippen LogP contribution in [0.2, 0.25) is 0 Å². The molecule has 0 aliphatic rings. The van der Waals surface area contributed by atoms with E-state index in [0.29, 0.717) is 5.56 Å². The minimum Gasteiger partial charge on any atom is -0.508 e. The quantitative estimate of drug-likeness (QED) is 0.564. The highest BCUT2D eigenvalue weighted by molar-refractivity contribution is 5.85. The van der Waals surface area contributed by atoms with Gasteiger partial charge in [0.2, 0.25) is 0 Å². The number of hydrogen-bond donors (Lipinski definition) is 3. The Morgan fingerprint density at radius 1 is 1.47 bits per heavy atom. The summed E-state index contributed by atoms with van der Waals surface area (Å²) in [5.74, 6) is -0.487. The van der Waals surface area contributed by atoms with Crippen molar-refractivity contribution in [2.24, 2.45) is 5.73 Å². The number of phenolic OH excluding ortho intramolecular Hbond substituents is 2. The van der Waals surface area contributed by atoms with Crippen LogP contribution < -0.4 is 5.73 Å². The molecular weight excluding hydrogens is 246 g/mol. The minimum absolute atomic E-state index is 0. The van der Waals surface area contributed by atoms with Crippen LogP contribution in [0.15, 0.2) is 18.2 Å². The van der Waals surface area contributed by atoms with Gasteiger partial charge in [0.05, 0.1) is 13.0 Å². The van der Waals surface area contributed by atoms with Gasteiger partial charge in [-0.15, -0.1) is 12.4 Å². The summed E-state index contributed by atoms with van der Waals surface area (Å²) in [4.78, 5) is 11.2. The van der Waals surface area contributed by atoms with E-state index in [4.69, 9.17) is 10.5 Å². The summed E-state index contributed by atoms with van der Waals surface area (Å²) >= 11 is 0. The largest absolute Gasteiger partial charge is 0.508 e. The maximum atomic E-state index is 11.2. The number of carbonyl (C=O) groups excluding carboxylic acids is 1. The van der Waals surface area contributed by atoms with Crippen LogP contribution in [-0.4, -0.2) is 22.8 Å². The van der Waals surface area contributed by atoms with E-state index in [0.717, 1.165) is 0 Å². The first-order chi connectivity index (χ1) is 7.54. The van der Waals surface area contributed by atoms with E-state index in [9.17, 15) is 15.0 Å². The lowest BCUT2D eigenvalue weighted by Crippen LogP contribution is -2.17. The highest BCUT2D eigenvalue weighted by Gasteiger charge is 2.16. The number of benzene rings is 1. The van der Waals surface area contributed by atoms with Gasteiger partial charge in [-0.2, -0.15) is 0 Å². The van der Waals surface area contributed by atoms with Gasteiger partial charge in [-0.05, 0) is 25.1 Å². The second-order valence-corrected chi connectivity index (χ2v) is 3.36. The van der Waals surface area contributed by atoms with Gasteiger partial charge in [0, 0.05) is 11.6 Å². The standard InChI is InChI=1S/C11H15NO4.ClH/c1-2-16-11(15)6-9(12)8-5-7(13)3-4-10(8)14;/h3-5,9,13-14H,2,6,12H2,1H3;1H/t9-;/m0./s1. The maximum Gasteiger partial charge on any atom is 0.307 e. The lowest BCUT2D eigenvalue weighted by molar-refractivity contribution is -0.143. The summed E-state index contributed by atoms with van der Waals surface area (Å²) in [6, 6.07) is 3.32. The molecule has 5 nitrogen and oxygen atoms in total. The Balaban J connectivity index is 0.00000256. The van der Waals surface area contributed by atoms with E-state index in [1.54, 1.807) is 6.92 Å². The van der Waals surface area contributed by atoms with Crippen LogP contribution in [0.5, 0.6) is 11.5 Å². The van der Waals surface area contributed by atoms with Crippen LogP contribution >= 0.6 is 12.4 Å². The van der Waals surface area contributed by atoms with Crippen molar-refractivity contribution in [1.82, 2.24) is 0 Å². The fourth-order valence-electron chi connectivity index (χ4n) is 1.35. The summed E-state index contributed by atoms with van der Waals surface area (Å²) < 4.78 is 4.74. The Morgan fingerprint density at radius 2 is 2.12 bits per heavy atom. The van der Waals surface area contributed by atoms with E-state index < -0.39 is 12.0 Å². The molecule has 0 bridgehead atoms. The molecule has 1 atom stereocenters. The predicted molar refractivity (Wildman–Crippen MR) is 65.2 cm³/mol. The summed E-state index contributed by atoms with van der Waals surface area (Å²) in [6.45, 7) is 1.99. The molecule has 0 saturated heterocycles. The smallest absolute Gasteiger partial charge is 0.307 e. The molecule has 17 heavy (non-hydrogen) atoms. The zero-order valence-electron chi connectivity index (χ0n) is 9.42. The zero-order chi connectivity index (χ0) is 12.1. The molecule has 0 unspecified atom stereocenters. The van der Waals surface area contributed by atoms with Crippen molar-refractivity contribution in [1.29, 1.82) is 0 Å². The molecule has 0 heterocycles. The SMILES string of the molecule is CCOC(=O)C[C@H](N)c1cc(O)ccc1O.Cl. The molecule has 1 aromatic carbocycles. The number of rotatable bonds is 4.